The summed E-state index contributed by atoms with van der Waals surface area (Å²) in [6.07, 6.45) is 2.45. The molecule has 1 fully saturated rings. The number of carbonyl (C=O) groups is 1. The molecule has 4 heteroatoms. The molecule has 0 aliphatic heterocycles. The molecular weight excluding hydrogens is 226 g/mol. The van der Waals surface area contributed by atoms with Gasteiger partial charge in [-0.1, -0.05) is 23.7 Å². The molecule has 3 nitrogen and oxygen atoms in total. The van der Waals surface area contributed by atoms with Crippen LogP contribution in [0.15, 0.2) is 24.3 Å². The summed E-state index contributed by atoms with van der Waals surface area (Å²) in [6, 6.07) is 7.25. The molecule has 2 N–H and O–H groups in total. The zero-order valence-electron chi connectivity index (χ0n) is 8.91. The average molecular weight is 240 g/mol. The Kier molecular flexibility index (Phi) is 3.17. The summed E-state index contributed by atoms with van der Waals surface area (Å²) >= 11 is 5.82. The van der Waals surface area contributed by atoms with E-state index in [0.29, 0.717) is 5.02 Å². The lowest BCUT2D eigenvalue weighted by Gasteiger charge is -2.35. The smallest absolute Gasteiger partial charge is 0.326 e. The van der Waals surface area contributed by atoms with Gasteiger partial charge in [-0.3, -0.25) is 4.79 Å². The molecule has 0 unspecified atom stereocenters. The van der Waals surface area contributed by atoms with E-state index in [2.05, 4.69) is 0 Å². The Hall–Kier alpha value is -1.06. The lowest BCUT2D eigenvalue weighted by Crippen LogP contribution is -2.54. The fourth-order valence-electron chi connectivity index (χ4n) is 1.68. The highest BCUT2D eigenvalue weighted by Crippen LogP contribution is 2.30. The van der Waals surface area contributed by atoms with Crippen LogP contribution in [0.4, 0.5) is 0 Å². The van der Waals surface area contributed by atoms with Crippen LogP contribution in [0.3, 0.4) is 0 Å². The van der Waals surface area contributed by atoms with Gasteiger partial charge in [0.2, 0.25) is 0 Å². The maximum Gasteiger partial charge on any atom is 0.326 e. The number of halogens is 1. The number of benzene rings is 1. The summed E-state index contributed by atoms with van der Waals surface area (Å²) in [5, 5.41) is 0.639. The van der Waals surface area contributed by atoms with Crippen molar-refractivity contribution in [3.63, 3.8) is 0 Å². The van der Waals surface area contributed by atoms with Gasteiger partial charge >= 0.3 is 5.97 Å². The number of carbonyl (C=O) groups excluding carboxylic acids is 1. The molecule has 0 spiro atoms. The van der Waals surface area contributed by atoms with Gasteiger partial charge in [-0.15, -0.1) is 0 Å². The average Bonchev–Trinajstić information content (AvgIpc) is 2.22. The summed E-state index contributed by atoms with van der Waals surface area (Å²) in [4.78, 5) is 11.6. The van der Waals surface area contributed by atoms with Crippen LogP contribution in [0.2, 0.25) is 5.02 Å². The molecule has 1 aliphatic carbocycles. The third kappa shape index (κ3) is 2.36. The summed E-state index contributed by atoms with van der Waals surface area (Å²) in [5.41, 5.74) is 5.98. The zero-order chi connectivity index (χ0) is 11.6. The summed E-state index contributed by atoms with van der Waals surface area (Å²) in [5.74, 6) is -0.307. The highest BCUT2D eigenvalue weighted by molar-refractivity contribution is 6.30. The van der Waals surface area contributed by atoms with Crippen molar-refractivity contribution in [2.75, 3.05) is 0 Å². The highest BCUT2D eigenvalue weighted by Gasteiger charge is 2.41. The van der Waals surface area contributed by atoms with E-state index >= 15 is 0 Å². The number of hydrogen-bond acceptors (Lipinski definition) is 3. The van der Waals surface area contributed by atoms with E-state index in [1.54, 1.807) is 12.1 Å². The van der Waals surface area contributed by atoms with Gasteiger partial charge in [0.05, 0.1) is 0 Å². The normalized spacial score (nSPS) is 17.6. The van der Waals surface area contributed by atoms with Gasteiger partial charge in [0.1, 0.15) is 12.1 Å². The Morgan fingerprint density at radius 2 is 2.25 bits per heavy atom. The van der Waals surface area contributed by atoms with Crippen molar-refractivity contribution in [1.82, 2.24) is 0 Å². The molecule has 0 bridgehead atoms. The molecule has 0 amide bonds. The van der Waals surface area contributed by atoms with Crippen LogP contribution in [0.25, 0.3) is 0 Å². The monoisotopic (exact) mass is 239 g/mol. The minimum Gasteiger partial charge on any atom is -0.459 e. The van der Waals surface area contributed by atoms with E-state index in [1.807, 2.05) is 12.1 Å². The largest absolute Gasteiger partial charge is 0.459 e. The summed E-state index contributed by atoms with van der Waals surface area (Å²) < 4.78 is 5.17. The Labute approximate surface area is 99.5 Å². The minimum absolute atomic E-state index is 0.234. The van der Waals surface area contributed by atoms with Crippen molar-refractivity contribution in [2.45, 2.75) is 31.4 Å². The molecule has 86 valence electrons. The van der Waals surface area contributed by atoms with Crippen LogP contribution in [-0.4, -0.2) is 11.5 Å². The minimum atomic E-state index is -0.738. The molecule has 0 aromatic heterocycles. The van der Waals surface area contributed by atoms with E-state index in [4.69, 9.17) is 22.1 Å². The lowest BCUT2D eigenvalue weighted by atomic mass is 9.78. The quantitative estimate of drug-likeness (QED) is 0.824. The Morgan fingerprint density at radius 3 is 2.81 bits per heavy atom. The molecule has 0 heterocycles. The highest BCUT2D eigenvalue weighted by atomic mass is 35.5. The van der Waals surface area contributed by atoms with Crippen molar-refractivity contribution in [3.8, 4) is 0 Å². The first kappa shape index (κ1) is 11.4. The third-order valence-electron chi connectivity index (χ3n) is 2.91. The van der Waals surface area contributed by atoms with Gasteiger partial charge in [-0.05, 0) is 37.0 Å². The van der Waals surface area contributed by atoms with Crippen molar-refractivity contribution in [2.24, 2.45) is 5.73 Å². The second-order valence-corrected chi connectivity index (χ2v) is 4.65. The molecule has 16 heavy (non-hydrogen) atoms. The van der Waals surface area contributed by atoms with E-state index in [0.717, 1.165) is 24.8 Å². The third-order valence-corrected chi connectivity index (χ3v) is 3.15. The molecule has 1 aromatic carbocycles. The van der Waals surface area contributed by atoms with Crippen LogP contribution >= 0.6 is 11.6 Å². The number of esters is 1. The topological polar surface area (TPSA) is 52.3 Å². The van der Waals surface area contributed by atoms with Gasteiger partial charge in [0.25, 0.3) is 0 Å². The van der Waals surface area contributed by atoms with E-state index in [9.17, 15) is 4.79 Å². The molecule has 1 aromatic rings. The van der Waals surface area contributed by atoms with Crippen LogP contribution in [0.5, 0.6) is 0 Å². The molecule has 0 radical (unpaired) electrons. The molecule has 1 saturated carbocycles. The molecule has 1 aliphatic rings. The molecule has 0 saturated heterocycles. The van der Waals surface area contributed by atoms with Gasteiger partial charge < -0.3 is 10.5 Å². The van der Waals surface area contributed by atoms with E-state index in [-0.39, 0.29) is 12.6 Å². The van der Waals surface area contributed by atoms with Crippen molar-refractivity contribution in [1.29, 1.82) is 0 Å². The van der Waals surface area contributed by atoms with E-state index in [1.165, 1.54) is 0 Å². The first-order chi connectivity index (χ1) is 7.60. The van der Waals surface area contributed by atoms with E-state index < -0.39 is 5.54 Å². The maximum atomic E-state index is 11.6. The number of hydrogen-bond donors (Lipinski definition) is 1. The van der Waals surface area contributed by atoms with Gasteiger partial charge in [0.15, 0.2) is 0 Å². The number of nitrogens with two attached hydrogens (primary N) is 1. The SMILES string of the molecule is NC1(C(=O)OCc2cccc(Cl)c2)CCC1. The predicted molar refractivity (Wildman–Crippen MR) is 62.0 cm³/mol. The summed E-state index contributed by atoms with van der Waals surface area (Å²) in [6.45, 7) is 0.234. The summed E-state index contributed by atoms with van der Waals surface area (Å²) in [7, 11) is 0. The van der Waals surface area contributed by atoms with Crippen molar-refractivity contribution < 1.29 is 9.53 Å². The van der Waals surface area contributed by atoms with Crippen molar-refractivity contribution in [3.05, 3.63) is 34.9 Å². The van der Waals surface area contributed by atoms with Crippen molar-refractivity contribution >= 4 is 17.6 Å². The Morgan fingerprint density at radius 1 is 1.50 bits per heavy atom. The molecule has 0 atom stereocenters. The van der Waals surface area contributed by atoms with Crippen LogP contribution < -0.4 is 5.73 Å². The maximum absolute atomic E-state index is 11.6. The Bertz CT molecular complexity index is 402. The number of rotatable bonds is 3. The first-order valence-corrected chi connectivity index (χ1v) is 5.68. The second kappa shape index (κ2) is 4.44. The second-order valence-electron chi connectivity index (χ2n) is 4.22. The predicted octanol–water partition coefficient (Wildman–Crippen LogP) is 2.26. The zero-order valence-corrected chi connectivity index (χ0v) is 9.67. The number of ether oxygens (including phenoxy) is 1. The standard InChI is InChI=1S/C12H14ClNO2/c13-10-4-1-3-9(7-10)8-16-11(15)12(14)5-2-6-12/h1,3-4,7H,2,5-6,8,14H2. The fraction of sp³-hybridized carbons (Fsp3) is 0.417. The van der Waals surface area contributed by atoms with Gasteiger partial charge in [-0.25, -0.2) is 0 Å². The van der Waals surface area contributed by atoms with Crippen LogP contribution in [0.1, 0.15) is 24.8 Å². The Balaban J connectivity index is 1.90. The fourth-order valence-corrected chi connectivity index (χ4v) is 1.89. The van der Waals surface area contributed by atoms with Crippen LogP contribution in [-0.2, 0) is 16.1 Å². The molecular formula is C12H14ClNO2. The first-order valence-electron chi connectivity index (χ1n) is 5.31. The van der Waals surface area contributed by atoms with Gasteiger partial charge in [0, 0.05) is 5.02 Å². The lowest BCUT2D eigenvalue weighted by molar-refractivity contribution is -0.155. The van der Waals surface area contributed by atoms with Crippen LogP contribution in [0, 0.1) is 0 Å². The molecule has 2 rings (SSSR count). The van der Waals surface area contributed by atoms with Gasteiger partial charge in [-0.2, -0.15) is 0 Å².